The molecule has 1 amide bonds. The third-order valence-electron chi connectivity index (χ3n) is 4.98. The maximum Gasteiger partial charge on any atom is 0.267 e. The highest BCUT2D eigenvalue weighted by molar-refractivity contribution is 7.21. The summed E-state index contributed by atoms with van der Waals surface area (Å²) in [5.74, 6) is -0.163. The molecule has 134 valence electrons. The molecule has 1 aromatic carbocycles. The molecule has 0 bridgehead atoms. The fourth-order valence-electron chi connectivity index (χ4n) is 3.59. The van der Waals surface area contributed by atoms with Crippen LogP contribution in [0.4, 0.5) is 11.4 Å². The number of benzene rings is 1. The lowest BCUT2D eigenvalue weighted by Gasteiger charge is -2.12. The van der Waals surface area contributed by atoms with Crippen molar-refractivity contribution >= 4 is 38.8 Å². The SMILES string of the molecule is Cc1cccc(NC(=O)c2sc3nc4c(cc3c2N)CCCCCC4)c1. The number of thiophene rings is 1. The summed E-state index contributed by atoms with van der Waals surface area (Å²) in [5, 5.41) is 3.87. The smallest absolute Gasteiger partial charge is 0.267 e. The van der Waals surface area contributed by atoms with Crippen molar-refractivity contribution in [1.29, 1.82) is 0 Å². The highest BCUT2D eigenvalue weighted by atomic mass is 32.1. The fourth-order valence-corrected chi connectivity index (χ4v) is 4.58. The highest BCUT2D eigenvalue weighted by Gasteiger charge is 2.20. The number of fused-ring (bicyclic) bond motifs is 2. The topological polar surface area (TPSA) is 68.0 Å². The van der Waals surface area contributed by atoms with Gasteiger partial charge in [-0.3, -0.25) is 4.79 Å². The normalized spacial score (nSPS) is 14.5. The lowest BCUT2D eigenvalue weighted by Crippen LogP contribution is -2.11. The quantitative estimate of drug-likeness (QED) is 0.664. The average Bonchev–Trinajstić information content (AvgIpc) is 2.91. The van der Waals surface area contributed by atoms with Gasteiger partial charge in [0.15, 0.2) is 0 Å². The van der Waals surface area contributed by atoms with Gasteiger partial charge in [-0.15, -0.1) is 11.3 Å². The van der Waals surface area contributed by atoms with E-state index in [2.05, 4.69) is 11.4 Å². The number of carbonyl (C=O) groups is 1. The van der Waals surface area contributed by atoms with Crippen molar-refractivity contribution in [3.63, 3.8) is 0 Å². The van der Waals surface area contributed by atoms with Gasteiger partial charge in [-0.05, 0) is 61.9 Å². The Hall–Kier alpha value is -2.40. The Kier molecular flexibility index (Phi) is 4.64. The van der Waals surface area contributed by atoms with Crippen molar-refractivity contribution in [2.45, 2.75) is 45.4 Å². The largest absolute Gasteiger partial charge is 0.397 e. The number of aromatic nitrogens is 1. The minimum atomic E-state index is -0.163. The summed E-state index contributed by atoms with van der Waals surface area (Å²) in [6, 6.07) is 9.94. The van der Waals surface area contributed by atoms with Crippen molar-refractivity contribution < 1.29 is 4.79 Å². The molecule has 1 aliphatic rings. The van der Waals surface area contributed by atoms with Crippen LogP contribution >= 0.6 is 11.3 Å². The molecule has 2 heterocycles. The Bertz CT molecular complexity index is 977. The number of amides is 1. The third-order valence-corrected chi connectivity index (χ3v) is 6.10. The van der Waals surface area contributed by atoms with E-state index in [4.69, 9.17) is 10.7 Å². The summed E-state index contributed by atoms with van der Waals surface area (Å²) in [5.41, 5.74) is 11.3. The molecule has 0 fully saturated rings. The van der Waals surface area contributed by atoms with E-state index in [1.165, 1.54) is 48.3 Å². The number of carbonyl (C=O) groups excluding carboxylic acids is 1. The van der Waals surface area contributed by atoms with E-state index in [-0.39, 0.29) is 5.91 Å². The zero-order valence-electron chi connectivity index (χ0n) is 15.0. The molecular weight excluding hydrogens is 342 g/mol. The first-order chi connectivity index (χ1) is 12.6. The third kappa shape index (κ3) is 3.31. The molecule has 0 saturated carbocycles. The van der Waals surface area contributed by atoms with Crippen molar-refractivity contribution in [1.82, 2.24) is 4.98 Å². The van der Waals surface area contributed by atoms with Crippen molar-refractivity contribution in [3.05, 3.63) is 52.0 Å². The Labute approximate surface area is 157 Å². The van der Waals surface area contributed by atoms with E-state index in [0.717, 1.165) is 34.3 Å². The standard InChI is InChI=1S/C21H23N3OS/c1-13-7-6-9-15(11-13)23-20(25)19-18(22)16-12-14-8-4-2-3-5-10-17(14)24-21(16)26-19/h6-7,9,11-12H,2-5,8,10,22H2,1H3,(H,23,25). The van der Waals surface area contributed by atoms with Crippen LogP contribution in [0.5, 0.6) is 0 Å². The Morgan fingerprint density at radius 3 is 2.77 bits per heavy atom. The minimum Gasteiger partial charge on any atom is -0.397 e. The van der Waals surface area contributed by atoms with Gasteiger partial charge >= 0.3 is 0 Å². The molecule has 1 aliphatic carbocycles. The number of hydrogen-bond acceptors (Lipinski definition) is 4. The molecule has 0 atom stereocenters. The maximum absolute atomic E-state index is 12.7. The maximum atomic E-state index is 12.7. The van der Waals surface area contributed by atoms with Crippen LogP contribution in [-0.4, -0.2) is 10.9 Å². The molecular formula is C21H23N3OS. The highest BCUT2D eigenvalue weighted by Crippen LogP contribution is 2.35. The van der Waals surface area contributed by atoms with Crippen LogP contribution < -0.4 is 11.1 Å². The molecule has 26 heavy (non-hydrogen) atoms. The van der Waals surface area contributed by atoms with Crippen LogP contribution in [0.15, 0.2) is 30.3 Å². The van der Waals surface area contributed by atoms with Gasteiger partial charge in [-0.1, -0.05) is 25.0 Å². The van der Waals surface area contributed by atoms with E-state index in [1.807, 2.05) is 31.2 Å². The second-order valence-corrected chi connectivity index (χ2v) is 8.03. The van der Waals surface area contributed by atoms with E-state index in [1.54, 1.807) is 0 Å². The first-order valence-corrected chi connectivity index (χ1v) is 10.0. The van der Waals surface area contributed by atoms with E-state index in [9.17, 15) is 4.79 Å². The molecule has 3 N–H and O–H groups in total. The number of anilines is 2. The summed E-state index contributed by atoms with van der Waals surface area (Å²) in [6.45, 7) is 2.00. The summed E-state index contributed by atoms with van der Waals surface area (Å²) >= 11 is 1.39. The lowest BCUT2D eigenvalue weighted by atomic mass is 9.96. The number of rotatable bonds is 2. The molecule has 0 saturated heterocycles. The lowest BCUT2D eigenvalue weighted by molar-refractivity contribution is 0.103. The molecule has 4 nitrogen and oxygen atoms in total. The van der Waals surface area contributed by atoms with E-state index < -0.39 is 0 Å². The molecule has 3 aromatic rings. The first-order valence-electron chi connectivity index (χ1n) is 9.20. The monoisotopic (exact) mass is 365 g/mol. The van der Waals surface area contributed by atoms with Gasteiger partial charge in [-0.25, -0.2) is 4.98 Å². The summed E-state index contributed by atoms with van der Waals surface area (Å²) in [7, 11) is 0. The molecule has 2 aromatic heterocycles. The zero-order valence-corrected chi connectivity index (χ0v) is 15.8. The van der Waals surface area contributed by atoms with Crippen LogP contribution in [0.25, 0.3) is 10.2 Å². The molecule has 0 unspecified atom stereocenters. The molecule has 5 heteroatoms. The van der Waals surface area contributed by atoms with Crippen LogP contribution in [0, 0.1) is 6.92 Å². The number of nitrogens with two attached hydrogens (primary N) is 1. The Morgan fingerprint density at radius 2 is 1.96 bits per heavy atom. The number of aryl methyl sites for hydroxylation is 3. The Morgan fingerprint density at radius 1 is 1.15 bits per heavy atom. The molecule has 0 aliphatic heterocycles. The summed E-state index contributed by atoms with van der Waals surface area (Å²) in [6.07, 6.45) is 7.01. The van der Waals surface area contributed by atoms with Gasteiger partial charge in [-0.2, -0.15) is 0 Å². The van der Waals surface area contributed by atoms with Gasteiger partial charge in [0.25, 0.3) is 5.91 Å². The summed E-state index contributed by atoms with van der Waals surface area (Å²) < 4.78 is 0. The number of hydrogen-bond donors (Lipinski definition) is 2. The van der Waals surface area contributed by atoms with Gasteiger partial charge in [0.1, 0.15) is 9.71 Å². The fraction of sp³-hybridized carbons (Fsp3) is 0.333. The van der Waals surface area contributed by atoms with Crippen LogP contribution in [0.1, 0.15) is 52.2 Å². The first kappa shape index (κ1) is 17.0. The molecule has 4 rings (SSSR count). The summed E-state index contributed by atoms with van der Waals surface area (Å²) in [4.78, 5) is 19.0. The predicted molar refractivity (Wildman–Crippen MR) is 109 cm³/mol. The molecule has 0 radical (unpaired) electrons. The van der Waals surface area contributed by atoms with Gasteiger partial charge in [0.05, 0.1) is 5.69 Å². The van der Waals surface area contributed by atoms with Gasteiger partial charge < -0.3 is 11.1 Å². The molecule has 0 spiro atoms. The minimum absolute atomic E-state index is 0.163. The Balaban J connectivity index is 1.69. The zero-order chi connectivity index (χ0) is 18.1. The van der Waals surface area contributed by atoms with E-state index in [0.29, 0.717) is 10.6 Å². The van der Waals surface area contributed by atoms with Crippen molar-refractivity contribution in [2.24, 2.45) is 0 Å². The van der Waals surface area contributed by atoms with Crippen LogP contribution in [-0.2, 0) is 12.8 Å². The predicted octanol–water partition coefficient (Wildman–Crippen LogP) is 5.10. The van der Waals surface area contributed by atoms with Crippen molar-refractivity contribution in [3.8, 4) is 0 Å². The number of nitrogens with one attached hydrogen (secondary N) is 1. The van der Waals surface area contributed by atoms with E-state index >= 15 is 0 Å². The van der Waals surface area contributed by atoms with Crippen LogP contribution in [0.2, 0.25) is 0 Å². The van der Waals surface area contributed by atoms with Gasteiger partial charge in [0, 0.05) is 16.8 Å². The average molecular weight is 366 g/mol. The van der Waals surface area contributed by atoms with Gasteiger partial charge in [0.2, 0.25) is 0 Å². The number of nitrogens with zero attached hydrogens (tertiary/aromatic N) is 1. The number of pyridine rings is 1. The van der Waals surface area contributed by atoms with Crippen LogP contribution in [0.3, 0.4) is 0 Å². The number of nitrogen functional groups attached to an aromatic ring is 1. The second kappa shape index (κ2) is 7.08. The van der Waals surface area contributed by atoms with Crippen molar-refractivity contribution in [2.75, 3.05) is 11.1 Å². The second-order valence-electron chi connectivity index (χ2n) is 7.03.